The van der Waals surface area contributed by atoms with Crippen molar-refractivity contribution < 1.29 is 0 Å². The zero-order valence-electron chi connectivity index (χ0n) is 10.8. The van der Waals surface area contributed by atoms with E-state index >= 15 is 0 Å². The summed E-state index contributed by atoms with van der Waals surface area (Å²) in [5, 5.41) is 9.22. The average Bonchev–Trinajstić information content (AvgIpc) is 2.94. The number of nitrogens with zero attached hydrogens (tertiary/aromatic N) is 4. The molecule has 0 aliphatic heterocycles. The van der Waals surface area contributed by atoms with E-state index in [2.05, 4.69) is 16.0 Å². The summed E-state index contributed by atoms with van der Waals surface area (Å²) >= 11 is 0. The number of anilines is 2. The first kappa shape index (κ1) is 11.7. The maximum absolute atomic E-state index is 9.22. The lowest BCUT2D eigenvalue weighted by Crippen LogP contribution is -2.15. The van der Waals surface area contributed by atoms with Crippen molar-refractivity contribution in [1.29, 1.82) is 5.26 Å². The van der Waals surface area contributed by atoms with Gasteiger partial charge in [-0.05, 0) is 31.4 Å². The van der Waals surface area contributed by atoms with E-state index < -0.39 is 0 Å². The van der Waals surface area contributed by atoms with E-state index in [1.807, 2.05) is 42.3 Å². The standard InChI is InChI=1S/C15H14N4/c1-19(11-6-3-2-4-7-11)15-17-13-9-5-8-12(13)14(10-16)18-15/h2-4,6-7H,5,8-9H2,1H3. The van der Waals surface area contributed by atoms with Gasteiger partial charge in [-0.25, -0.2) is 9.97 Å². The molecular formula is C15H14N4. The van der Waals surface area contributed by atoms with Crippen LogP contribution in [0.3, 0.4) is 0 Å². The van der Waals surface area contributed by atoms with Crippen LogP contribution in [0.1, 0.15) is 23.4 Å². The fourth-order valence-corrected chi connectivity index (χ4v) is 2.43. The molecule has 19 heavy (non-hydrogen) atoms. The molecule has 3 rings (SSSR count). The van der Waals surface area contributed by atoms with Crippen LogP contribution in [0, 0.1) is 11.3 Å². The molecule has 0 saturated heterocycles. The molecule has 1 aliphatic rings. The molecule has 94 valence electrons. The van der Waals surface area contributed by atoms with Crippen LogP contribution in [-0.2, 0) is 12.8 Å². The fourth-order valence-electron chi connectivity index (χ4n) is 2.43. The molecule has 0 unspecified atom stereocenters. The van der Waals surface area contributed by atoms with E-state index in [9.17, 15) is 5.26 Å². The molecule has 1 aliphatic carbocycles. The Bertz CT molecular complexity index is 643. The summed E-state index contributed by atoms with van der Waals surface area (Å²) in [7, 11) is 1.92. The molecule has 1 heterocycles. The number of aryl methyl sites for hydroxylation is 1. The normalized spacial score (nSPS) is 12.8. The second kappa shape index (κ2) is 4.69. The van der Waals surface area contributed by atoms with Gasteiger partial charge in [0.05, 0.1) is 5.69 Å². The largest absolute Gasteiger partial charge is 0.314 e. The van der Waals surface area contributed by atoms with Gasteiger partial charge in [-0.2, -0.15) is 5.26 Å². The third-order valence-corrected chi connectivity index (χ3v) is 3.47. The molecule has 0 N–H and O–H groups in total. The second-order valence-corrected chi connectivity index (χ2v) is 4.66. The number of aromatic nitrogens is 2. The average molecular weight is 250 g/mol. The van der Waals surface area contributed by atoms with Gasteiger partial charge < -0.3 is 4.90 Å². The van der Waals surface area contributed by atoms with Crippen molar-refractivity contribution in [2.45, 2.75) is 19.3 Å². The van der Waals surface area contributed by atoms with Crippen LogP contribution < -0.4 is 4.90 Å². The van der Waals surface area contributed by atoms with Crippen LogP contribution in [0.5, 0.6) is 0 Å². The third-order valence-electron chi connectivity index (χ3n) is 3.47. The summed E-state index contributed by atoms with van der Waals surface area (Å²) < 4.78 is 0. The lowest BCUT2D eigenvalue weighted by molar-refractivity contribution is 0.897. The van der Waals surface area contributed by atoms with Gasteiger partial charge in [-0.15, -0.1) is 0 Å². The van der Waals surface area contributed by atoms with Crippen molar-refractivity contribution >= 4 is 11.6 Å². The van der Waals surface area contributed by atoms with Crippen molar-refractivity contribution in [2.24, 2.45) is 0 Å². The summed E-state index contributed by atoms with van der Waals surface area (Å²) in [6.45, 7) is 0. The van der Waals surface area contributed by atoms with Crippen LogP contribution in [-0.4, -0.2) is 17.0 Å². The first-order valence-electron chi connectivity index (χ1n) is 6.38. The van der Waals surface area contributed by atoms with E-state index in [1.54, 1.807) is 0 Å². The highest BCUT2D eigenvalue weighted by Crippen LogP contribution is 2.27. The summed E-state index contributed by atoms with van der Waals surface area (Å²) in [4.78, 5) is 10.9. The maximum Gasteiger partial charge on any atom is 0.231 e. The Morgan fingerprint density at radius 3 is 2.68 bits per heavy atom. The van der Waals surface area contributed by atoms with Crippen LogP contribution in [0.2, 0.25) is 0 Å². The Morgan fingerprint density at radius 2 is 1.95 bits per heavy atom. The smallest absolute Gasteiger partial charge is 0.231 e. The Balaban J connectivity index is 2.05. The van der Waals surface area contributed by atoms with E-state index in [0.29, 0.717) is 11.6 Å². The molecule has 4 nitrogen and oxygen atoms in total. The SMILES string of the molecule is CN(c1ccccc1)c1nc(C#N)c2c(n1)CCC2. The molecular weight excluding hydrogens is 236 g/mol. The topological polar surface area (TPSA) is 52.8 Å². The lowest BCUT2D eigenvalue weighted by Gasteiger charge is -2.18. The van der Waals surface area contributed by atoms with Gasteiger partial charge in [0.2, 0.25) is 5.95 Å². The number of hydrogen-bond acceptors (Lipinski definition) is 4. The molecule has 0 fully saturated rings. The van der Waals surface area contributed by atoms with Gasteiger partial charge in [0.1, 0.15) is 11.8 Å². The second-order valence-electron chi connectivity index (χ2n) is 4.66. The van der Waals surface area contributed by atoms with E-state index in [-0.39, 0.29) is 0 Å². The molecule has 0 spiro atoms. The molecule has 0 atom stereocenters. The number of rotatable bonds is 2. The van der Waals surface area contributed by atoms with Crippen LogP contribution in [0.4, 0.5) is 11.6 Å². The van der Waals surface area contributed by atoms with Crippen LogP contribution in [0.15, 0.2) is 30.3 Å². The highest BCUT2D eigenvalue weighted by Gasteiger charge is 2.20. The van der Waals surface area contributed by atoms with Gasteiger partial charge >= 0.3 is 0 Å². The van der Waals surface area contributed by atoms with Gasteiger partial charge in [0.25, 0.3) is 0 Å². The van der Waals surface area contributed by atoms with Crippen LogP contribution >= 0.6 is 0 Å². The lowest BCUT2D eigenvalue weighted by atomic mass is 10.2. The number of nitriles is 1. The van der Waals surface area contributed by atoms with Gasteiger partial charge in [0.15, 0.2) is 0 Å². The molecule has 0 radical (unpaired) electrons. The molecule has 0 saturated carbocycles. The first-order valence-corrected chi connectivity index (χ1v) is 6.38. The van der Waals surface area contributed by atoms with Gasteiger partial charge in [-0.3, -0.25) is 0 Å². The van der Waals surface area contributed by atoms with Crippen molar-refractivity contribution in [1.82, 2.24) is 9.97 Å². The Kier molecular flexibility index (Phi) is 2.88. The summed E-state index contributed by atoms with van der Waals surface area (Å²) in [5.74, 6) is 0.600. The number of fused-ring (bicyclic) bond motifs is 1. The van der Waals surface area contributed by atoms with E-state index in [4.69, 9.17) is 0 Å². The van der Waals surface area contributed by atoms with Crippen LogP contribution in [0.25, 0.3) is 0 Å². The zero-order chi connectivity index (χ0) is 13.2. The summed E-state index contributed by atoms with van der Waals surface area (Å²) in [6.07, 6.45) is 2.94. The minimum Gasteiger partial charge on any atom is -0.314 e. The van der Waals surface area contributed by atoms with E-state index in [1.165, 1.54) is 0 Å². The van der Waals surface area contributed by atoms with Crippen molar-refractivity contribution in [2.75, 3.05) is 11.9 Å². The van der Waals surface area contributed by atoms with Gasteiger partial charge in [-0.1, -0.05) is 18.2 Å². The molecule has 0 amide bonds. The number of hydrogen-bond donors (Lipinski definition) is 0. The summed E-state index contributed by atoms with van der Waals surface area (Å²) in [6, 6.07) is 12.1. The fraction of sp³-hybridized carbons (Fsp3) is 0.267. The van der Waals surface area contributed by atoms with E-state index in [0.717, 1.165) is 36.2 Å². The number of benzene rings is 1. The highest BCUT2D eigenvalue weighted by molar-refractivity contribution is 5.57. The molecule has 4 heteroatoms. The number of para-hydroxylation sites is 1. The van der Waals surface area contributed by atoms with Crippen molar-refractivity contribution in [3.05, 3.63) is 47.3 Å². The Morgan fingerprint density at radius 1 is 1.16 bits per heavy atom. The monoisotopic (exact) mass is 250 g/mol. The quantitative estimate of drug-likeness (QED) is 0.822. The minimum atomic E-state index is 0.528. The minimum absolute atomic E-state index is 0.528. The third kappa shape index (κ3) is 2.04. The Hall–Kier alpha value is -2.41. The predicted molar refractivity (Wildman–Crippen MR) is 73.3 cm³/mol. The van der Waals surface area contributed by atoms with Gasteiger partial charge in [0, 0.05) is 18.3 Å². The van der Waals surface area contributed by atoms with Crippen molar-refractivity contribution in [3.8, 4) is 6.07 Å². The zero-order valence-corrected chi connectivity index (χ0v) is 10.8. The first-order chi connectivity index (χ1) is 9.29. The summed E-state index contributed by atoms with van der Waals surface area (Å²) in [5.41, 5.74) is 3.61. The Labute approximate surface area is 112 Å². The van der Waals surface area contributed by atoms with Crippen molar-refractivity contribution in [3.63, 3.8) is 0 Å². The molecule has 1 aromatic heterocycles. The molecule has 2 aromatic rings. The highest BCUT2D eigenvalue weighted by atomic mass is 15.2. The molecule has 1 aromatic carbocycles. The maximum atomic E-state index is 9.22. The molecule has 0 bridgehead atoms. The predicted octanol–water partition coefficient (Wildman–Crippen LogP) is 2.60.